The molecule has 3 nitrogen and oxygen atoms in total. The minimum atomic E-state index is -1.01. The molecule has 0 aromatic carbocycles. The summed E-state index contributed by atoms with van der Waals surface area (Å²) in [5, 5.41) is 8.05. The van der Waals surface area contributed by atoms with Crippen LogP contribution in [0.25, 0.3) is 0 Å². The number of carbonyl (C=O) groups is 1. The molecule has 0 rings (SSSR count). The maximum Gasteiger partial charge on any atom is 0.415 e. The van der Waals surface area contributed by atoms with Crippen LogP contribution in [0.15, 0.2) is 0 Å². The third-order valence-corrected chi connectivity index (χ3v) is 2.74. The van der Waals surface area contributed by atoms with Crippen molar-refractivity contribution in [2.45, 2.75) is 0 Å². The summed E-state index contributed by atoms with van der Waals surface area (Å²) < 4.78 is 2.14. The van der Waals surface area contributed by atoms with E-state index in [9.17, 15) is 4.79 Å². The molecule has 0 radical (unpaired) electrons. The lowest BCUT2D eigenvalue weighted by Gasteiger charge is -1.94. The maximum atomic E-state index is 9.80. The third kappa shape index (κ3) is 8.32. The Morgan fingerprint density at radius 3 is 2.89 bits per heavy atom. The Morgan fingerprint density at radius 1 is 1.78 bits per heavy atom. The predicted molar refractivity (Wildman–Crippen MR) is 45.1 cm³/mol. The monoisotopic (exact) mass is 185 g/mol. The van der Waals surface area contributed by atoms with Crippen molar-refractivity contribution in [2.75, 3.05) is 11.5 Å². The molecule has 0 aliphatic carbocycles. The molecule has 0 aliphatic rings. The van der Waals surface area contributed by atoms with Crippen molar-refractivity contribution in [3.8, 4) is 0 Å². The van der Waals surface area contributed by atoms with Crippen LogP contribution >= 0.6 is 34.4 Å². The number of thiol groups is 1. The zero-order valence-electron chi connectivity index (χ0n) is 4.53. The van der Waals surface area contributed by atoms with Gasteiger partial charge in [0.15, 0.2) is 0 Å². The van der Waals surface area contributed by atoms with Crippen molar-refractivity contribution < 1.29 is 9.90 Å². The lowest BCUT2D eigenvalue weighted by atomic mass is 11.0. The van der Waals surface area contributed by atoms with Gasteiger partial charge in [-0.3, -0.25) is 4.72 Å². The van der Waals surface area contributed by atoms with Crippen molar-refractivity contribution in [1.82, 2.24) is 4.72 Å². The van der Waals surface area contributed by atoms with E-state index in [0.717, 1.165) is 22.5 Å². The van der Waals surface area contributed by atoms with Crippen LogP contribution in [0, 0.1) is 0 Å². The molecule has 6 heteroatoms. The van der Waals surface area contributed by atoms with Crippen molar-refractivity contribution in [2.24, 2.45) is 0 Å². The first-order valence-corrected chi connectivity index (χ1v) is 5.10. The molecule has 0 atom stereocenters. The molecule has 0 heterocycles. The van der Waals surface area contributed by atoms with Gasteiger partial charge in [-0.15, -0.1) is 0 Å². The molecule has 0 aliphatic heterocycles. The second-order valence-corrected chi connectivity index (χ2v) is 3.71. The van der Waals surface area contributed by atoms with Crippen LogP contribution in [0.4, 0.5) is 4.79 Å². The number of nitrogens with one attached hydrogen (secondary N) is 1. The number of amides is 1. The summed E-state index contributed by atoms with van der Waals surface area (Å²) in [4.78, 5) is 9.80. The minimum absolute atomic E-state index is 0.763. The first kappa shape index (κ1) is 9.32. The third-order valence-electron chi connectivity index (χ3n) is 0.363. The topological polar surface area (TPSA) is 49.3 Å². The Hall–Kier alpha value is 0.320. The van der Waals surface area contributed by atoms with Crippen LogP contribution in [-0.4, -0.2) is 22.7 Å². The van der Waals surface area contributed by atoms with Gasteiger partial charge in [-0.25, -0.2) is 4.79 Å². The molecular weight excluding hydrogens is 178 g/mol. The molecule has 0 saturated heterocycles. The van der Waals surface area contributed by atoms with E-state index >= 15 is 0 Å². The zero-order valence-corrected chi connectivity index (χ0v) is 7.06. The summed E-state index contributed by atoms with van der Waals surface area (Å²) in [5.41, 5.74) is 0. The number of hydrogen-bond acceptors (Lipinski definition) is 4. The molecule has 1 amide bonds. The molecule has 9 heavy (non-hydrogen) atoms. The van der Waals surface area contributed by atoms with Crippen LogP contribution in [0.3, 0.4) is 0 Å². The molecular formula is C3H7NO2S3. The highest BCUT2D eigenvalue weighted by Crippen LogP contribution is 2.16. The Bertz CT molecular complexity index is 89.1. The first-order valence-electron chi connectivity index (χ1n) is 2.15. The van der Waals surface area contributed by atoms with E-state index in [1.807, 2.05) is 0 Å². The van der Waals surface area contributed by atoms with Gasteiger partial charge in [0.2, 0.25) is 0 Å². The predicted octanol–water partition coefficient (Wildman–Crippen LogP) is 1.48. The molecule has 0 aromatic heterocycles. The van der Waals surface area contributed by atoms with E-state index in [2.05, 4.69) is 17.4 Å². The van der Waals surface area contributed by atoms with E-state index < -0.39 is 6.09 Å². The SMILES string of the molecule is O=C(O)NSSCCS. The Kier molecular flexibility index (Phi) is 6.67. The molecule has 0 saturated carbocycles. The van der Waals surface area contributed by atoms with Crippen LogP contribution in [0.1, 0.15) is 0 Å². The minimum Gasteiger partial charge on any atom is -0.464 e. The highest BCUT2D eigenvalue weighted by atomic mass is 33.1. The van der Waals surface area contributed by atoms with Gasteiger partial charge >= 0.3 is 6.09 Å². The lowest BCUT2D eigenvalue weighted by molar-refractivity contribution is 0.202. The molecule has 0 fully saturated rings. The van der Waals surface area contributed by atoms with Gasteiger partial charge in [0.25, 0.3) is 0 Å². The normalized spacial score (nSPS) is 9.00. The van der Waals surface area contributed by atoms with Crippen LogP contribution in [0.5, 0.6) is 0 Å². The highest BCUT2D eigenvalue weighted by Gasteiger charge is 1.92. The molecule has 0 spiro atoms. The van der Waals surface area contributed by atoms with Crippen molar-refractivity contribution in [1.29, 1.82) is 0 Å². The second-order valence-electron chi connectivity index (χ2n) is 1.04. The lowest BCUT2D eigenvalue weighted by Crippen LogP contribution is -2.09. The first-order chi connectivity index (χ1) is 4.27. The van der Waals surface area contributed by atoms with Gasteiger partial charge in [0, 0.05) is 22.5 Å². The Balaban J connectivity index is 2.83. The van der Waals surface area contributed by atoms with Crippen LogP contribution in [-0.2, 0) is 0 Å². The maximum absolute atomic E-state index is 9.80. The smallest absolute Gasteiger partial charge is 0.415 e. The molecule has 0 unspecified atom stereocenters. The van der Waals surface area contributed by atoms with E-state index in [-0.39, 0.29) is 0 Å². The molecule has 0 aromatic rings. The average molecular weight is 185 g/mol. The largest absolute Gasteiger partial charge is 0.464 e. The summed E-state index contributed by atoms with van der Waals surface area (Å²) in [6.45, 7) is 0. The van der Waals surface area contributed by atoms with Gasteiger partial charge in [-0.2, -0.15) is 12.6 Å². The van der Waals surface area contributed by atoms with E-state index in [0.29, 0.717) is 0 Å². The Morgan fingerprint density at radius 2 is 2.44 bits per heavy atom. The quantitative estimate of drug-likeness (QED) is 0.269. The highest BCUT2D eigenvalue weighted by molar-refractivity contribution is 8.76. The van der Waals surface area contributed by atoms with E-state index in [1.165, 1.54) is 10.8 Å². The number of rotatable bonds is 4. The van der Waals surface area contributed by atoms with Crippen LogP contribution < -0.4 is 4.72 Å². The van der Waals surface area contributed by atoms with Gasteiger partial charge in [0.1, 0.15) is 0 Å². The average Bonchev–Trinajstić information content (AvgIpc) is 1.80. The molecule has 2 N–H and O–H groups in total. The fraction of sp³-hybridized carbons (Fsp3) is 0.667. The summed E-state index contributed by atoms with van der Waals surface area (Å²) in [6, 6.07) is 0. The van der Waals surface area contributed by atoms with E-state index in [4.69, 9.17) is 5.11 Å². The number of hydrogen-bond donors (Lipinski definition) is 3. The number of carboxylic acid groups (broad SMARTS) is 1. The summed E-state index contributed by atoms with van der Waals surface area (Å²) in [7, 11) is 2.53. The van der Waals surface area contributed by atoms with E-state index in [1.54, 1.807) is 0 Å². The second kappa shape index (κ2) is 6.44. The molecule has 0 bridgehead atoms. The van der Waals surface area contributed by atoms with Crippen molar-refractivity contribution in [3.05, 3.63) is 0 Å². The molecule has 54 valence electrons. The summed E-state index contributed by atoms with van der Waals surface area (Å²) >= 11 is 3.94. The fourth-order valence-corrected chi connectivity index (χ4v) is 1.97. The van der Waals surface area contributed by atoms with Crippen LogP contribution in [0.2, 0.25) is 0 Å². The summed E-state index contributed by atoms with van der Waals surface area (Å²) in [5.74, 6) is 1.60. The van der Waals surface area contributed by atoms with Gasteiger partial charge in [-0.05, 0) is 0 Å². The van der Waals surface area contributed by atoms with Crippen molar-refractivity contribution >= 4 is 40.5 Å². The van der Waals surface area contributed by atoms with Gasteiger partial charge < -0.3 is 5.11 Å². The van der Waals surface area contributed by atoms with Gasteiger partial charge in [-0.1, -0.05) is 10.8 Å². The zero-order chi connectivity index (χ0) is 7.11. The summed E-state index contributed by atoms with van der Waals surface area (Å²) in [6.07, 6.45) is -1.01. The fourth-order valence-electron chi connectivity index (χ4n) is 0.144. The standard InChI is InChI=1S/C3H7NO2S3/c5-3(6)4-9-8-2-1-7/h4,7H,1-2H2,(H,5,6). The Labute approximate surface area is 66.9 Å². The van der Waals surface area contributed by atoms with Crippen molar-refractivity contribution in [3.63, 3.8) is 0 Å². The van der Waals surface area contributed by atoms with Gasteiger partial charge in [0.05, 0.1) is 0 Å².